The Morgan fingerprint density at radius 1 is 1.10 bits per heavy atom. The van der Waals surface area contributed by atoms with Crippen molar-refractivity contribution in [3.8, 4) is 5.75 Å². The summed E-state index contributed by atoms with van der Waals surface area (Å²) in [6.45, 7) is 4.16. The number of halogens is 1. The highest BCUT2D eigenvalue weighted by molar-refractivity contribution is 6.32. The van der Waals surface area contributed by atoms with Crippen LogP contribution in [-0.2, 0) is 6.42 Å². The predicted molar refractivity (Wildman–Crippen MR) is 82.6 cm³/mol. The molecule has 1 N–H and O–H groups in total. The van der Waals surface area contributed by atoms with Crippen LogP contribution in [-0.4, -0.2) is 12.2 Å². The fourth-order valence-electron chi connectivity index (χ4n) is 2.16. The minimum absolute atomic E-state index is 0.551. The third kappa shape index (κ3) is 3.33. The van der Waals surface area contributed by atoms with Crippen molar-refractivity contribution in [2.45, 2.75) is 26.4 Å². The van der Waals surface area contributed by atoms with E-state index in [9.17, 15) is 5.11 Å². The summed E-state index contributed by atoms with van der Waals surface area (Å²) >= 11 is 5.99. The van der Waals surface area contributed by atoms with Gasteiger partial charge in [0.25, 0.3) is 0 Å². The smallest absolute Gasteiger partial charge is 0.137 e. The fourth-order valence-corrected chi connectivity index (χ4v) is 2.35. The zero-order chi connectivity index (χ0) is 14.7. The molecule has 0 saturated heterocycles. The molecule has 0 heterocycles. The molecule has 1 atom stereocenters. The summed E-state index contributed by atoms with van der Waals surface area (Å²) in [6.07, 6.45) is 0.00889. The molecule has 2 nitrogen and oxygen atoms in total. The molecule has 106 valence electrons. The zero-order valence-corrected chi connectivity index (χ0v) is 12.7. The van der Waals surface area contributed by atoms with Crippen LogP contribution in [0.2, 0.25) is 5.02 Å². The Morgan fingerprint density at radius 2 is 1.85 bits per heavy atom. The standard InChI is InChI=1S/C17H19ClO2/c1-11-4-5-13(8-12(11)2)9-16(19)14-6-7-15(18)17(10-14)20-3/h4-8,10,16,19H,9H2,1-3H3. The van der Waals surface area contributed by atoms with Gasteiger partial charge in [-0.2, -0.15) is 0 Å². The Balaban J connectivity index is 2.19. The van der Waals surface area contributed by atoms with Gasteiger partial charge in [-0.3, -0.25) is 0 Å². The van der Waals surface area contributed by atoms with Crippen molar-refractivity contribution < 1.29 is 9.84 Å². The molecule has 0 aliphatic carbocycles. The molecule has 0 saturated carbocycles. The largest absolute Gasteiger partial charge is 0.495 e. The summed E-state index contributed by atoms with van der Waals surface area (Å²) in [5.74, 6) is 0.586. The minimum atomic E-state index is -0.566. The topological polar surface area (TPSA) is 29.5 Å². The first-order valence-corrected chi connectivity index (χ1v) is 6.96. The SMILES string of the molecule is COc1cc(C(O)Cc2ccc(C)c(C)c2)ccc1Cl. The maximum Gasteiger partial charge on any atom is 0.137 e. The molecule has 2 aromatic rings. The molecule has 0 fully saturated rings. The fraction of sp³-hybridized carbons (Fsp3) is 0.294. The summed E-state index contributed by atoms with van der Waals surface area (Å²) in [5.41, 5.74) is 4.43. The van der Waals surface area contributed by atoms with Gasteiger partial charge in [-0.15, -0.1) is 0 Å². The van der Waals surface area contributed by atoms with E-state index in [1.165, 1.54) is 11.1 Å². The van der Waals surface area contributed by atoms with Crippen LogP contribution in [0.5, 0.6) is 5.75 Å². The number of methoxy groups -OCH3 is 1. The van der Waals surface area contributed by atoms with Crippen molar-refractivity contribution >= 4 is 11.6 Å². The van der Waals surface area contributed by atoms with E-state index in [0.717, 1.165) is 11.1 Å². The lowest BCUT2D eigenvalue weighted by Gasteiger charge is -2.14. The van der Waals surface area contributed by atoms with Crippen LogP contribution in [0.1, 0.15) is 28.4 Å². The highest BCUT2D eigenvalue weighted by Gasteiger charge is 2.11. The van der Waals surface area contributed by atoms with Gasteiger partial charge in [-0.25, -0.2) is 0 Å². The molecular formula is C17H19ClO2. The van der Waals surface area contributed by atoms with Gasteiger partial charge >= 0.3 is 0 Å². The Hall–Kier alpha value is -1.51. The molecule has 0 aromatic heterocycles. The van der Waals surface area contributed by atoms with Crippen molar-refractivity contribution in [1.29, 1.82) is 0 Å². The van der Waals surface area contributed by atoms with E-state index in [4.69, 9.17) is 16.3 Å². The van der Waals surface area contributed by atoms with Gasteiger partial charge in [0.1, 0.15) is 5.75 Å². The van der Waals surface area contributed by atoms with Gasteiger partial charge in [0, 0.05) is 6.42 Å². The van der Waals surface area contributed by atoms with Crippen molar-refractivity contribution in [3.63, 3.8) is 0 Å². The van der Waals surface area contributed by atoms with E-state index in [2.05, 4.69) is 32.0 Å². The van der Waals surface area contributed by atoms with Gasteiger partial charge in [-0.1, -0.05) is 35.9 Å². The highest BCUT2D eigenvalue weighted by Crippen LogP contribution is 2.29. The first-order chi connectivity index (χ1) is 9.51. The summed E-state index contributed by atoms with van der Waals surface area (Å²) in [7, 11) is 1.57. The third-order valence-corrected chi connectivity index (χ3v) is 3.87. The third-order valence-electron chi connectivity index (χ3n) is 3.56. The molecule has 2 aromatic carbocycles. The van der Waals surface area contributed by atoms with Gasteiger partial charge < -0.3 is 9.84 Å². The number of aryl methyl sites for hydroxylation is 2. The molecule has 0 radical (unpaired) electrons. The van der Waals surface area contributed by atoms with Gasteiger partial charge in [-0.05, 0) is 48.2 Å². The van der Waals surface area contributed by atoms with Crippen LogP contribution in [0.15, 0.2) is 36.4 Å². The molecule has 3 heteroatoms. The molecule has 2 rings (SSSR count). The van der Waals surface area contributed by atoms with Crippen molar-refractivity contribution in [2.24, 2.45) is 0 Å². The second-order valence-electron chi connectivity index (χ2n) is 5.03. The average Bonchev–Trinajstić information content (AvgIpc) is 2.43. The maximum atomic E-state index is 10.3. The number of aliphatic hydroxyl groups excluding tert-OH is 1. The van der Waals surface area contributed by atoms with Crippen molar-refractivity contribution in [1.82, 2.24) is 0 Å². The molecule has 0 amide bonds. The lowest BCUT2D eigenvalue weighted by molar-refractivity contribution is 0.178. The van der Waals surface area contributed by atoms with Crippen LogP contribution in [0.3, 0.4) is 0 Å². The predicted octanol–water partition coefficient (Wildman–Crippen LogP) is 4.24. The molecule has 0 aliphatic heterocycles. The molecular weight excluding hydrogens is 272 g/mol. The van der Waals surface area contributed by atoms with Gasteiger partial charge in [0.2, 0.25) is 0 Å². The first kappa shape index (κ1) is 14.9. The Kier molecular flexibility index (Phi) is 4.69. The number of benzene rings is 2. The van der Waals surface area contributed by atoms with Gasteiger partial charge in [0.05, 0.1) is 18.2 Å². The zero-order valence-electron chi connectivity index (χ0n) is 12.0. The van der Waals surface area contributed by atoms with E-state index in [0.29, 0.717) is 17.2 Å². The lowest BCUT2D eigenvalue weighted by atomic mass is 9.98. The summed E-state index contributed by atoms with van der Waals surface area (Å²) in [4.78, 5) is 0. The Morgan fingerprint density at radius 3 is 2.50 bits per heavy atom. The molecule has 20 heavy (non-hydrogen) atoms. The van der Waals surface area contributed by atoms with Crippen LogP contribution >= 0.6 is 11.6 Å². The van der Waals surface area contributed by atoms with Crippen LogP contribution in [0.4, 0.5) is 0 Å². The van der Waals surface area contributed by atoms with Crippen molar-refractivity contribution in [3.05, 3.63) is 63.7 Å². The van der Waals surface area contributed by atoms with E-state index in [1.807, 2.05) is 6.07 Å². The molecule has 0 spiro atoms. The summed E-state index contributed by atoms with van der Waals surface area (Å²) in [6, 6.07) is 11.6. The van der Waals surface area contributed by atoms with Crippen LogP contribution in [0, 0.1) is 13.8 Å². The highest BCUT2D eigenvalue weighted by atomic mass is 35.5. The molecule has 0 bridgehead atoms. The minimum Gasteiger partial charge on any atom is -0.495 e. The van der Waals surface area contributed by atoms with Crippen molar-refractivity contribution in [2.75, 3.05) is 7.11 Å². The number of rotatable bonds is 4. The Labute approximate surface area is 125 Å². The van der Waals surface area contributed by atoms with E-state index in [-0.39, 0.29) is 0 Å². The monoisotopic (exact) mass is 290 g/mol. The second kappa shape index (κ2) is 6.29. The van der Waals surface area contributed by atoms with E-state index < -0.39 is 6.10 Å². The first-order valence-electron chi connectivity index (χ1n) is 6.59. The van der Waals surface area contributed by atoms with E-state index >= 15 is 0 Å². The summed E-state index contributed by atoms with van der Waals surface area (Å²) in [5, 5.41) is 10.9. The lowest BCUT2D eigenvalue weighted by Crippen LogP contribution is -2.03. The molecule has 0 aliphatic rings. The number of ether oxygens (including phenoxy) is 1. The average molecular weight is 291 g/mol. The normalized spacial score (nSPS) is 12.2. The summed E-state index contributed by atoms with van der Waals surface area (Å²) < 4.78 is 5.18. The second-order valence-corrected chi connectivity index (χ2v) is 5.44. The number of hydrogen-bond acceptors (Lipinski definition) is 2. The number of aliphatic hydroxyl groups is 1. The maximum absolute atomic E-state index is 10.3. The van der Waals surface area contributed by atoms with Crippen LogP contribution in [0.25, 0.3) is 0 Å². The Bertz CT molecular complexity index is 608. The quantitative estimate of drug-likeness (QED) is 0.912. The van der Waals surface area contributed by atoms with Gasteiger partial charge in [0.15, 0.2) is 0 Å². The molecule has 1 unspecified atom stereocenters. The van der Waals surface area contributed by atoms with Crippen LogP contribution < -0.4 is 4.74 Å². The van der Waals surface area contributed by atoms with E-state index in [1.54, 1.807) is 19.2 Å². The number of hydrogen-bond donors (Lipinski definition) is 1.